The van der Waals surface area contributed by atoms with Gasteiger partial charge in [-0.3, -0.25) is 4.79 Å². The van der Waals surface area contributed by atoms with Crippen molar-refractivity contribution in [3.8, 4) is 0 Å². The number of amides is 1. The van der Waals surface area contributed by atoms with Crippen molar-refractivity contribution in [3.63, 3.8) is 0 Å². The van der Waals surface area contributed by atoms with Gasteiger partial charge in [0.05, 0.1) is 16.6 Å². The fourth-order valence-corrected chi connectivity index (χ4v) is 2.19. The van der Waals surface area contributed by atoms with Crippen LogP contribution in [0, 0.1) is 0 Å². The third-order valence-corrected chi connectivity index (χ3v) is 3.79. The molecule has 1 fully saturated rings. The lowest BCUT2D eigenvalue weighted by atomic mass is 10.1. The lowest BCUT2D eigenvalue weighted by Crippen LogP contribution is -2.36. The number of benzene rings is 1. The van der Waals surface area contributed by atoms with Gasteiger partial charge in [-0.25, -0.2) is 0 Å². The van der Waals surface area contributed by atoms with Crippen LogP contribution in [0.1, 0.15) is 31.4 Å². The zero-order chi connectivity index (χ0) is 13.1. The van der Waals surface area contributed by atoms with E-state index in [0.717, 1.165) is 18.4 Å². The van der Waals surface area contributed by atoms with Gasteiger partial charge >= 0.3 is 0 Å². The first-order valence-corrected chi connectivity index (χ1v) is 6.80. The highest BCUT2D eigenvalue weighted by Crippen LogP contribution is 2.29. The van der Waals surface area contributed by atoms with E-state index >= 15 is 0 Å². The van der Waals surface area contributed by atoms with Crippen molar-refractivity contribution in [3.05, 3.63) is 33.8 Å². The lowest BCUT2D eigenvalue weighted by Gasteiger charge is -2.16. The summed E-state index contributed by atoms with van der Waals surface area (Å²) in [6.07, 6.45) is 2.20. The second-order valence-electron chi connectivity index (χ2n) is 4.59. The molecule has 5 heteroatoms. The van der Waals surface area contributed by atoms with Crippen molar-refractivity contribution in [2.24, 2.45) is 0 Å². The predicted molar refractivity (Wildman–Crippen MR) is 74.0 cm³/mol. The molecule has 1 aromatic rings. The lowest BCUT2D eigenvalue weighted by molar-refractivity contribution is -0.120. The highest BCUT2D eigenvalue weighted by molar-refractivity contribution is 6.42. The summed E-state index contributed by atoms with van der Waals surface area (Å²) in [5, 5.41) is 7.15. The summed E-state index contributed by atoms with van der Waals surface area (Å²) in [4.78, 5) is 11.5. The Hall–Kier alpha value is -0.770. The van der Waals surface area contributed by atoms with Crippen molar-refractivity contribution in [1.29, 1.82) is 0 Å². The van der Waals surface area contributed by atoms with Crippen LogP contribution in [0.15, 0.2) is 18.2 Å². The molecule has 1 aliphatic rings. The van der Waals surface area contributed by atoms with Gasteiger partial charge in [-0.05, 0) is 31.4 Å². The normalized spacial score (nSPS) is 16.4. The van der Waals surface area contributed by atoms with Gasteiger partial charge in [-0.2, -0.15) is 0 Å². The molecule has 0 saturated heterocycles. The van der Waals surface area contributed by atoms with Crippen LogP contribution in [-0.4, -0.2) is 18.5 Å². The molecule has 1 unspecified atom stereocenters. The van der Waals surface area contributed by atoms with E-state index in [-0.39, 0.29) is 11.9 Å². The number of hydrogen-bond donors (Lipinski definition) is 2. The largest absolute Gasteiger partial charge is 0.352 e. The van der Waals surface area contributed by atoms with Gasteiger partial charge in [0, 0.05) is 12.1 Å². The molecule has 0 heterocycles. The van der Waals surface area contributed by atoms with E-state index in [9.17, 15) is 4.79 Å². The van der Waals surface area contributed by atoms with E-state index in [1.807, 2.05) is 19.1 Å². The number of hydrogen-bond acceptors (Lipinski definition) is 2. The van der Waals surface area contributed by atoms with E-state index in [2.05, 4.69) is 10.6 Å². The molecule has 3 nitrogen and oxygen atoms in total. The number of carbonyl (C=O) groups is 1. The van der Waals surface area contributed by atoms with Gasteiger partial charge < -0.3 is 10.6 Å². The first-order chi connectivity index (χ1) is 8.58. The Labute approximate surface area is 117 Å². The zero-order valence-corrected chi connectivity index (χ0v) is 11.7. The topological polar surface area (TPSA) is 41.1 Å². The van der Waals surface area contributed by atoms with Crippen molar-refractivity contribution in [2.75, 3.05) is 6.54 Å². The minimum Gasteiger partial charge on any atom is -0.352 e. The van der Waals surface area contributed by atoms with Crippen LogP contribution in [0.2, 0.25) is 10.0 Å². The smallest absolute Gasteiger partial charge is 0.234 e. The standard InChI is InChI=1S/C13H16Cl2N2O/c1-8(10-3-2-4-11(14)13(10)15)16-7-12(18)17-9-5-6-9/h2-4,8-9,16H,5-7H2,1H3,(H,17,18). The van der Waals surface area contributed by atoms with Crippen LogP contribution in [0.25, 0.3) is 0 Å². The van der Waals surface area contributed by atoms with Crippen molar-refractivity contribution < 1.29 is 4.79 Å². The molecular formula is C13H16Cl2N2O. The summed E-state index contributed by atoms with van der Waals surface area (Å²) in [5.41, 5.74) is 0.906. The monoisotopic (exact) mass is 286 g/mol. The van der Waals surface area contributed by atoms with Gasteiger partial charge in [-0.15, -0.1) is 0 Å². The van der Waals surface area contributed by atoms with Gasteiger partial charge in [0.15, 0.2) is 0 Å². The summed E-state index contributed by atoms with van der Waals surface area (Å²) in [7, 11) is 0. The molecule has 2 N–H and O–H groups in total. The summed E-state index contributed by atoms with van der Waals surface area (Å²) in [6, 6.07) is 5.89. The molecule has 2 rings (SSSR count). The quantitative estimate of drug-likeness (QED) is 0.874. The Morgan fingerprint density at radius 1 is 1.44 bits per heavy atom. The van der Waals surface area contributed by atoms with E-state index in [1.54, 1.807) is 6.07 Å². The average Bonchev–Trinajstić information content (AvgIpc) is 3.13. The van der Waals surface area contributed by atoms with Crippen LogP contribution in [-0.2, 0) is 4.79 Å². The molecule has 0 aromatic heterocycles. The third-order valence-electron chi connectivity index (χ3n) is 2.96. The Morgan fingerprint density at radius 2 is 2.17 bits per heavy atom. The number of rotatable bonds is 5. The molecule has 1 aromatic carbocycles. The van der Waals surface area contributed by atoms with Crippen LogP contribution >= 0.6 is 23.2 Å². The van der Waals surface area contributed by atoms with Gasteiger partial charge in [-0.1, -0.05) is 35.3 Å². The first kappa shape index (κ1) is 13.7. The highest BCUT2D eigenvalue weighted by Gasteiger charge is 2.23. The third kappa shape index (κ3) is 3.61. The van der Waals surface area contributed by atoms with Crippen molar-refractivity contribution in [1.82, 2.24) is 10.6 Å². The van der Waals surface area contributed by atoms with Gasteiger partial charge in [0.25, 0.3) is 0 Å². The van der Waals surface area contributed by atoms with Gasteiger partial charge in [0.2, 0.25) is 5.91 Å². The second-order valence-corrected chi connectivity index (χ2v) is 5.37. The molecule has 1 atom stereocenters. The summed E-state index contributed by atoms with van der Waals surface area (Å²) >= 11 is 12.1. The number of nitrogens with one attached hydrogen (secondary N) is 2. The minimum atomic E-state index is -0.0128. The molecule has 0 radical (unpaired) electrons. The molecular weight excluding hydrogens is 271 g/mol. The molecule has 1 saturated carbocycles. The summed E-state index contributed by atoms with van der Waals surface area (Å²) in [5.74, 6) is 0.0301. The highest BCUT2D eigenvalue weighted by atomic mass is 35.5. The molecule has 18 heavy (non-hydrogen) atoms. The predicted octanol–water partition coefficient (Wildman–Crippen LogP) is 2.92. The fourth-order valence-electron chi connectivity index (χ4n) is 1.72. The minimum absolute atomic E-state index is 0.0128. The first-order valence-electron chi connectivity index (χ1n) is 6.04. The zero-order valence-electron chi connectivity index (χ0n) is 10.2. The molecule has 0 aliphatic heterocycles. The Bertz CT molecular complexity index is 447. The van der Waals surface area contributed by atoms with E-state index < -0.39 is 0 Å². The van der Waals surface area contributed by atoms with Crippen LogP contribution in [0.3, 0.4) is 0 Å². The number of halogens is 2. The summed E-state index contributed by atoms with van der Waals surface area (Å²) < 4.78 is 0. The van der Waals surface area contributed by atoms with Gasteiger partial charge in [0.1, 0.15) is 0 Å². The van der Waals surface area contributed by atoms with E-state index in [0.29, 0.717) is 22.6 Å². The summed E-state index contributed by atoms with van der Waals surface area (Å²) in [6.45, 7) is 2.25. The number of carbonyl (C=O) groups excluding carboxylic acids is 1. The molecule has 0 bridgehead atoms. The fraction of sp³-hybridized carbons (Fsp3) is 0.462. The molecule has 1 amide bonds. The maximum absolute atomic E-state index is 11.5. The second kappa shape index (κ2) is 5.91. The average molecular weight is 287 g/mol. The SMILES string of the molecule is CC(NCC(=O)NC1CC1)c1cccc(Cl)c1Cl. The van der Waals surface area contributed by atoms with Crippen molar-refractivity contribution >= 4 is 29.1 Å². The Balaban J connectivity index is 1.88. The Kier molecular flexibility index (Phi) is 4.49. The molecule has 98 valence electrons. The van der Waals surface area contributed by atoms with Crippen molar-refractivity contribution in [2.45, 2.75) is 31.8 Å². The van der Waals surface area contributed by atoms with Crippen LogP contribution in [0.4, 0.5) is 0 Å². The van der Waals surface area contributed by atoms with Crippen LogP contribution < -0.4 is 10.6 Å². The van der Waals surface area contributed by atoms with E-state index in [4.69, 9.17) is 23.2 Å². The maximum atomic E-state index is 11.5. The van der Waals surface area contributed by atoms with Crippen LogP contribution in [0.5, 0.6) is 0 Å². The maximum Gasteiger partial charge on any atom is 0.234 e. The Morgan fingerprint density at radius 3 is 2.83 bits per heavy atom. The van der Waals surface area contributed by atoms with E-state index in [1.165, 1.54) is 0 Å². The molecule has 1 aliphatic carbocycles. The molecule has 0 spiro atoms.